The number of sulfone groups is 1. The van der Waals surface area contributed by atoms with Crippen molar-refractivity contribution in [1.29, 1.82) is 5.26 Å². The van der Waals surface area contributed by atoms with Gasteiger partial charge < -0.3 is 10.1 Å². The summed E-state index contributed by atoms with van der Waals surface area (Å²) >= 11 is 12.9. The molecule has 26 heavy (non-hydrogen) atoms. The summed E-state index contributed by atoms with van der Waals surface area (Å²) in [5.41, 5.74) is 0.611. The number of ether oxygens (including phenoxy) is 1. The SMILES string of the molecule is COc1ccc(N/C(SC)=C(\C#N)S(=O)(=O)c2ccc(Cl)cc2Cl)cc1. The van der Waals surface area contributed by atoms with Crippen molar-refractivity contribution in [3.8, 4) is 11.8 Å². The summed E-state index contributed by atoms with van der Waals surface area (Å²) in [7, 11) is -2.58. The van der Waals surface area contributed by atoms with Crippen LogP contribution in [-0.2, 0) is 9.84 Å². The number of hydrogen-bond acceptors (Lipinski definition) is 6. The summed E-state index contributed by atoms with van der Waals surface area (Å²) in [6.45, 7) is 0. The fraction of sp³-hybridized carbons (Fsp3) is 0.118. The molecule has 0 aliphatic carbocycles. The normalized spacial score (nSPS) is 12.1. The smallest absolute Gasteiger partial charge is 0.220 e. The van der Waals surface area contributed by atoms with Crippen LogP contribution in [0.3, 0.4) is 0 Å². The van der Waals surface area contributed by atoms with E-state index in [-0.39, 0.29) is 14.9 Å². The molecular formula is C17H14Cl2N2O3S2. The Balaban J connectivity index is 2.51. The molecule has 1 N–H and O–H groups in total. The van der Waals surface area contributed by atoms with E-state index in [9.17, 15) is 13.7 Å². The molecule has 0 aliphatic rings. The number of anilines is 1. The van der Waals surface area contributed by atoms with Gasteiger partial charge in [-0.2, -0.15) is 5.26 Å². The van der Waals surface area contributed by atoms with Crippen LogP contribution in [0, 0.1) is 11.3 Å². The summed E-state index contributed by atoms with van der Waals surface area (Å²) in [6.07, 6.45) is 1.67. The van der Waals surface area contributed by atoms with Crippen LogP contribution in [0.15, 0.2) is 57.3 Å². The van der Waals surface area contributed by atoms with Crippen LogP contribution < -0.4 is 10.1 Å². The molecule has 0 amide bonds. The number of nitrogens with zero attached hydrogens (tertiary/aromatic N) is 1. The summed E-state index contributed by atoms with van der Waals surface area (Å²) in [5, 5.41) is 12.9. The van der Waals surface area contributed by atoms with Gasteiger partial charge in [0, 0.05) is 10.7 Å². The average molecular weight is 429 g/mol. The first-order valence-electron chi connectivity index (χ1n) is 7.13. The number of halogens is 2. The zero-order chi connectivity index (χ0) is 19.3. The quantitative estimate of drug-likeness (QED) is 0.655. The van der Waals surface area contributed by atoms with Gasteiger partial charge in [0.05, 0.1) is 17.0 Å². The lowest BCUT2D eigenvalue weighted by Crippen LogP contribution is -2.10. The third-order valence-electron chi connectivity index (χ3n) is 3.31. The highest BCUT2D eigenvalue weighted by Crippen LogP contribution is 2.33. The van der Waals surface area contributed by atoms with E-state index >= 15 is 0 Å². The maximum absolute atomic E-state index is 12.9. The first kappa shape index (κ1) is 20.5. The Kier molecular flexibility index (Phi) is 6.84. The number of rotatable bonds is 6. The predicted octanol–water partition coefficient (Wildman–Crippen LogP) is 4.94. The van der Waals surface area contributed by atoms with Gasteiger partial charge in [0.2, 0.25) is 9.84 Å². The topological polar surface area (TPSA) is 79.2 Å². The van der Waals surface area contributed by atoms with Crippen molar-refractivity contribution in [3.63, 3.8) is 0 Å². The van der Waals surface area contributed by atoms with Crippen LogP contribution in [0.4, 0.5) is 5.69 Å². The van der Waals surface area contributed by atoms with E-state index in [0.717, 1.165) is 11.8 Å². The Morgan fingerprint density at radius 2 is 1.85 bits per heavy atom. The second-order valence-corrected chi connectivity index (χ2v) is 8.42. The lowest BCUT2D eigenvalue weighted by atomic mass is 10.3. The second-order valence-electron chi connectivity index (χ2n) is 4.91. The van der Waals surface area contributed by atoms with E-state index in [1.54, 1.807) is 43.7 Å². The molecule has 9 heteroatoms. The van der Waals surface area contributed by atoms with Crippen LogP contribution in [0.1, 0.15) is 0 Å². The average Bonchev–Trinajstić information content (AvgIpc) is 2.61. The zero-order valence-corrected chi connectivity index (χ0v) is 16.9. The summed E-state index contributed by atoms with van der Waals surface area (Å²) < 4.78 is 30.9. The van der Waals surface area contributed by atoms with Crippen molar-refractivity contribution < 1.29 is 13.2 Å². The number of nitriles is 1. The molecule has 5 nitrogen and oxygen atoms in total. The molecule has 136 valence electrons. The van der Waals surface area contributed by atoms with E-state index in [2.05, 4.69) is 5.32 Å². The lowest BCUT2D eigenvalue weighted by molar-refractivity contribution is 0.415. The molecule has 0 saturated heterocycles. The molecule has 0 heterocycles. The number of thioether (sulfide) groups is 1. The Morgan fingerprint density at radius 1 is 1.19 bits per heavy atom. The van der Waals surface area contributed by atoms with Gasteiger partial charge in [-0.1, -0.05) is 23.2 Å². The van der Waals surface area contributed by atoms with Gasteiger partial charge in [-0.3, -0.25) is 0 Å². The Morgan fingerprint density at radius 3 is 2.35 bits per heavy atom. The Hall–Kier alpha value is -1.85. The maximum atomic E-state index is 12.9. The molecule has 0 radical (unpaired) electrons. The summed E-state index contributed by atoms with van der Waals surface area (Å²) in [5.74, 6) is 0.659. The number of benzene rings is 2. The van der Waals surface area contributed by atoms with Gasteiger partial charge in [-0.05, 0) is 48.7 Å². The molecule has 0 fully saturated rings. The molecule has 2 aromatic rings. The van der Waals surface area contributed by atoms with E-state index in [1.165, 1.54) is 18.2 Å². The highest BCUT2D eigenvalue weighted by molar-refractivity contribution is 8.04. The van der Waals surface area contributed by atoms with Crippen molar-refractivity contribution in [3.05, 3.63) is 62.4 Å². The van der Waals surface area contributed by atoms with E-state index in [1.807, 2.05) is 0 Å². The van der Waals surface area contributed by atoms with E-state index < -0.39 is 14.7 Å². The van der Waals surface area contributed by atoms with Gasteiger partial charge in [0.15, 0.2) is 4.91 Å². The third kappa shape index (κ3) is 4.46. The number of allylic oxidation sites excluding steroid dienone is 1. The van der Waals surface area contributed by atoms with Gasteiger partial charge in [0.1, 0.15) is 16.8 Å². The molecule has 0 atom stereocenters. The molecule has 2 aromatic carbocycles. The first-order valence-corrected chi connectivity index (χ1v) is 10.6. The Labute approximate surface area is 166 Å². The fourth-order valence-corrected chi connectivity index (χ4v) is 4.98. The molecule has 2 rings (SSSR count). The minimum Gasteiger partial charge on any atom is -0.497 e. The third-order valence-corrected chi connectivity index (χ3v) is 6.58. The van der Waals surface area contributed by atoms with Crippen molar-refractivity contribution in [2.75, 3.05) is 18.7 Å². The van der Waals surface area contributed by atoms with Crippen LogP contribution in [-0.4, -0.2) is 21.8 Å². The Bertz CT molecular complexity index is 982. The first-order chi connectivity index (χ1) is 12.3. The monoisotopic (exact) mass is 428 g/mol. The van der Waals surface area contributed by atoms with E-state index in [0.29, 0.717) is 16.5 Å². The number of hydrogen-bond donors (Lipinski definition) is 1. The standard InChI is InChI=1S/C17H14Cl2N2O3S2/c1-24-13-6-4-12(5-7-13)21-17(25-2)16(10-20)26(22,23)15-8-3-11(18)9-14(15)19/h3-9,21H,1-2H3/b17-16-. The lowest BCUT2D eigenvalue weighted by Gasteiger charge is -2.13. The predicted molar refractivity (Wildman–Crippen MR) is 106 cm³/mol. The number of nitrogens with one attached hydrogen (secondary N) is 1. The minimum absolute atomic E-state index is 0.0462. The largest absolute Gasteiger partial charge is 0.497 e. The molecular weight excluding hydrogens is 415 g/mol. The zero-order valence-electron chi connectivity index (χ0n) is 13.8. The van der Waals surface area contributed by atoms with Gasteiger partial charge in [-0.15, -0.1) is 11.8 Å². The van der Waals surface area contributed by atoms with Crippen molar-refractivity contribution in [2.24, 2.45) is 0 Å². The van der Waals surface area contributed by atoms with Gasteiger partial charge >= 0.3 is 0 Å². The molecule has 0 saturated carbocycles. The van der Waals surface area contributed by atoms with E-state index in [4.69, 9.17) is 27.9 Å². The summed E-state index contributed by atoms with van der Waals surface area (Å²) in [4.78, 5) is -0.603. The van der Waals surface area contributed by atoms with Crippen LogP contribution in [0.25, 0.3) is 0 Å². The number of methoxy groups -OCH3 is 1. The molecule has 0 unspecified atom stereocenters. The molecule has 0 aliphatic heterocycles. The van der Waals surface area contributed by atoms with Crippen molar-refractivity contribution in [2.45, 2.75) is 4.90 Å². The van der Waals surface area contributed by atoms with Crippen LogP contribution >= 0.6 is 35.0 Å². The van der Waals surface area contributed by atoms with Crippen LogP contribution in [0.2, 0.25) is 10.0 Å². The summed E-state index contributed by atoms with van der Waals surface area (Å²) in [6, 6.07) is 12.6. The highest BCUT2D eigenvalue weighted by Gasteiger charge is 2.27. The van der Waals surface area contributed by atoms with Gasteiger partial charge in [-0.25, -0.2) is 8.42 Å². The minimum atomic E-state index is -4.12. The molecule has 0 aromatic heterocycles. The van der Waals surface area contributed by atoms with Crippen molar-refractivity contribution in [1.82, 2.24) is 0 Å². The highest BCUT2D eigenvalue weighted by atomic mass is 35.5. The van der Waals surface area contributed by atoms with Crippen molar-refractivity contribution >= 4 is 50.5 Å². The fourth-order valence-electron chi connectivity index (χ4n) is 2.04. The van der Waals surface area contributed by atoms with Crippen LogP contribution in [0.5, 0.6) is 5.75 Å². The molecule has 0 spiro atoms. The van der Waals surface area contributed by atoms with Gasteiger partial charge in [0.25, 0.3) is 0 Å². The second kappa shape index (κ2) is 8.69. The maximum Gasteiger partial charge on any atom is 0.220 e. The molecule has 0 bridgehead atoms.